The average molecular weight is 468 g/mol. The second kappa shape index (κ2) is 8.26. The lowest BCUT2D eigenvalue weighted by Gasteiger charge is -2.28. The molecular formula is C23H25N5O4S. The van der Waals surface area contributed by atoms with Crippen molar-refractivity contribution in [1.29, 1.82) is 0 Å². The zero-order chi connectivity index (χ0) is 23.3. The molecule has 9 nitrogen and oxygen atoms in total. The molecule has 0 bridgehead atoms. The van der Waals surface area contributed by atoms with E-state index < -0.39 is 12.2 Å². The van der Waals surface area contributed by atoms with Gasteiger partial charge >= 0.3 is 5.97 Å². The van der Waals surface area contributed by atoms with Gasteiger partial charge in [0.2, 0.25) is 0 Å². The summed E-state index contributed by atoms with van der Waals surface area (Å²) in [5.74, 6) is -0.0851. The molecule has 0 radical (unpaired) electrons. The first-order valence-corrected chi connectivity index (χ1v) is 12.0. The number of carbonyl (C=O) groups is 2. The van der Waals surface area contributed by atoms with Crippen molar-refractivity contribution in [3.8, 4) is 0 Å². The van der Waals surface area contributed by atoms with Crippen LogP contribution in [0.1, 0.15) is 41.9 Å². The molecule has 1 amide bonds. The summed E-state index contributed by atoms with van der Waals surface area (Å²) in [5.41, 5.74) is 2.15. The van der Waals surface area contributed by atoms with Gasteiger partial charge in [-0.2, -0.15) is 0 Å². The number of anilines is 2. The van der Waals surface area contributed by atoms with E-state index in [1.54, 1.807) is 30.0 Å². The molecule has 172 valence electrons. The van der Waals surface area contributed by atoms with E-state index >= 15 is 0 Å². The van der Waals surface area contributed by atoms with Gasteiger partial charge in [-0.15, -0.1) is 0 Å². The number of benzene rings is 1. The molecule has 0 aliphatic carbocycles. The Kier molecular flexibility index (Phi) is 5.40. The molecular weight excluding hydrogens is 442 g/mol. The fourth-order valence-electron chi connectivity index (χ4n) is 4.90. The van der Waals surface area contributed by atoms with E-state index in [1.807, 2.05) is 30.5 Å². The Balaban J connectivity index is 1.51. The number of hydrogen-bond acceptors (Lipinski definition) is 8. The van der Waals surface area contributed by atoms with Gasteiger partial charge in [-0.1, -0.05) is 23.9 Å². The van der Waals surface area contributed by atoms with Crippen LogP contribution in [0.2, 0.25) is 0 Å². The van der Waals surface area contributed by atoms with Crippen molar-refractivity contribution < 1.29 is 19.4 Å². The Hall–Kier alpha value is -3.27. The van der Waals surface area contributed by atoms with E-state index in [0.717, 1.165) is 30.6 Å². The number of nitrogens with zero attached hydrogens (tertiary/aromatic N) is 5. The zero-order valence-corrected chi connectivity index (χ0v) is 19.5. The van der Waals surface area contributed by atoms with E-state index in [1.165, 1.54) is 11.8 Å². The summed E-state index contributed by atoms with van der Waals surface area (Å²) in [5, 5.41) is 10.2. The number of likely N-dealkylation sites (N-methyl/N-ethyl adjacent to an activating group) is 1. The number of rotatable bonds is 4. The van der Waals surface area contributed by atoms with Gasteiger partial charge in [0, 0.05) is 43.6 Å². The van der Waals surface area contributed by atoms with Crippen molar-refractivity contribution in [2.45, 2.75) is 37.2 Å². The van der Waals surface area contributed by atoms with Crippen LogP contribution in [0, 0.1) is 0 Å². The number of thioether (sulfide) groups is 1. The van der Waals surface area contributed by atoms with Gasteiger partial charge in [0.1, 0.15) is 17.1 Å². The van der Waals surface area contributed by atoms with Gasteiger partial charge in [0.25, 0.3) is 5.91 Å². The Labute approximate surface area is 196 Å². The first-order valence-electron chi connectivity index (χ1n) is 10.8. The van der Waals surface area contributed by atoms with Crippen LogP contribution in [0.15, 0.2) is 47.1 Å². The van der Waals surface area contributed by atoms with Crippen molar-refractivity contribution in [1.82, 2.24) is 14.9 Å². The number of ether oxygens (including phenoxy) is 1. The smallest absolute Gasteiger partial charge is 0.355 e. The van der Waals surface area contributed by atoms with E-state index in [9.17, 15) is 14.7 Å². The highest BCUT2D eigenvalue weighted by Crippen LogP contribution is 2.38. The van der Waals surface area contributed by atoms with Crippen molar-refractivity contribution in [3.63, 3.8) is 0 Å². The third-order valence-corrected chi connectivity index (χ3v) is 7.00. The number of fused-ring (bicyclic) bond motifs is 3. The number of carboxylic acids is 1. The summed E-state index contributed by atoms with van der Waals surface area (Å²) in [7, 11) is 1.70. The predicted molar refractivity (Wildman–Crippen MR) is 124 cm³/mol. The number of allylic oxidation sites excluding steroid dienone is 1. The molecule has 1 N–H and O–H groups in total. The first kappa shape index (κ1) is 21.6. The molecule has 1 fully saturated rings. The molecule has 2 unspecified atom stereocenters. The fourth-order valence-corrected chi connectivity index (χ4v) is 5.23. The summed E-state index contributed by atoms with van der Waals surface area (Å²) < 4.78 is 5.87. The topological polar surface area (TPSA) is 99.1 Å². The van der Waals surface area contributed by atoms with Gasteiger partial charge in [-0.3, -0.25) is 4.79 Å². The second-order valence-electron chi connectivity index (χ2n) is 8.39. The van der Waals surface area contributed by atoms with Gasteiger partial charge < -0.3 is 24.5 Å². The molecule has 0 spiro atoms. The largest absolute Gasteiger partial charge is 0.476 e. The molecule has 5 rings (SSSR count). The molecule has 1 aromatic heterocycles. The molecule has 3 aliphatic rings. The second-order valence-corrected chi connectivity index (χ2v) is 9.16. The lowest BCUT2D eigenvalue weighted by molar-refractivity contribution is -0.134. The normalized spacial score (nSPS) is 22.3. The number of carboxylic acid groups (broad SMARTS) is 1. The first-order chi connectivity index (χ1) is 15.9. The third-order valence-electron chi connectivity index (χ3n) is 6.44. The Morgan fingerprint density at radius 2 is 2.15 bits per heavy atom. The van der Waals surface area contributed by atoms with E-state index in [-0.39, 0.29) is 17.6 Å². The Morgan fingerprint density at radius 3 is 2.88 bits per heavy atom. The van der Waals surface area contributed by atoms with Gasteiger partial charge in [0.05, 0.1) is 0 Å². The Bertz CT molecular complexity index is 1170. The third kappa shape index (κ3) is 3.58. The summed E-state index contributed by atoms with van der Waals surface area (Å²) in [6, 6.07) is 7.73. The molecule has 10 heteroatoms. The summed E-state index contributed by atoms with van der Waals surface area (Å²) in [4.78, 5) is 39.9. The van der Waals surface area contributed by atoms with Crippen LogP contribution in [0.25, 0.3) is 0 Å². The van der Waals surface area contributed by atoms with Crippen molar-refractivity contribution in [3.05, 3.63) is 53.0 Å². The minimum absolute atomic E-state index is 0.133. The number of carbonyl (C=O) groups excluding carboxylic acids is 1. The zero-order valence-electron chi connectivity index (χ0n) is 18.7. The average Bonchev–Trinajstić information content (AvgIpc) is 3.37. The van der Waals surface area contributed by atoms with Crippen LogP contribution in [0.5, 0.6) is 0 Å². The lowest BCUT2D eigenvalue weighted by Crippen LogP contribution is -2.39. The Morgan fingerprint density at radius 1 is 1.33 bits per heavy atom. The van der Waals surface area contributed by atoms with Crippen LogP contribution in [-0.2, 0) is 9.53 Å². The monoisotopic (exact) mass is 467 g/mol. The fraction of sp³-hybridized carbons (Fsp3) is 0.391. The number of hydrogen-bond donors (Lipinski definition) is 1. The highest BCUT2D eigenvalue weighted by atomic mass is 32.2. The van der Waals surface area contributed by atoms with Crippen LogP contribution < -0.4 is 9.80 Å². The lowest BCUT2D eigenvalue weighted by atomic mass is 10.1. The van der Waals surface area contributed by atoms with Crippen LogP contribution in [-0.4, -0.2) is 64.3 Å². The highest BCUT2D eigenvalue weighted by molar-refractivity contribution is 7.98. The van der Waals surface area contributed by atoms with Gasteiger partial charge in [-0.25, -0.2) is 14.8 Å². The highest BCUT2D eigenvalue weighted by Gasteiger charge is 2.38. The molecule has 33 heavy (non-hydrogen) atoms. The van der Waals surface area contributed by atoms with Gasteiger partial charge in [-0.05, 0) is 38.2 Å². The maximum atomic E-state index is 13.6. The minimum atomic E-state index is -1.03. The summed E-state index contributed by atoms with van der Waals surface area (Å²) in [6.07, 6.45) is 5.03. The van der Waals surface area contributed by atoms with E-state index in [4.69, 9.17) is 4.74 Å². The van der Waals surface area contributed by atoms with E-state index in [2.05, 4.69) is 14.9 Å². The maximum absolute atomic E-state index is 13.6. The number of amides is 1. The molecule has 1 aromatic carbocycles. The molecule has 2 atom stereocenters. The summed E-state index contributed by atoms with van der Waals surface area (Å²) in [6.45, 7) is 3.07. The summed E-state index contributed by atoms with van der Waals surface area (Å²) >= 11 is 1.46. The number of aliphatic carboxylic acids is 1. The SMILES string of the molecule is CSc1ncc2c(n1)N1CCCC1CN(c1cccc(C3OC(C)=C(C(=O)O)N3C)c1)C2=O. The quantitative estimate of drug-likeness (QED) is 0.537. The van der Waals surface area contributed by atoms with Gasteiger partial charge in [0.15, 0.2) is 17.1 Å². The minimum Gasteiger partial charge on any atom is -0.476 e. The van der Waals surface area contributed by atoms with Crippen molar-refractivity contribution in [2.24, 2.45) is 0 Å². The number of aromatic nitrogens is 2. The van der Waals surface area contributed by atoms with Crippen LogP contribution in [0.3, 0.4) is 0 Å². The molecule has 2 aromatic rings. The van der Waals surface area contributed by atoms with Crippen molar-refractivity contribution in [2.75, 3.05) is 36.2 Å². The standard InChI is InChI=1S/C23H25N5O4S/c1-13-18(22(30)31)26(2)21(32-13)14-6-4-7-15(10-14)28-12-16-8-5-9-27(16)19-17(20(28)29)11-24-23(25-19)33-3/h4,6-7,10-11,16,21H,5,8-9,12H2,1-3H3,(H,30,31). The predicted octanol–water partition coefficient (Wildman–Crippen LogP) is 3.10. The molecule has 1 saturated heterocycles. The van der Waals surface area contributed by atoms with Crippen LogP contribution >= 0.6 is 11.8 Å². The van der Waals surface area contributed by atoms with Crippen LogP contribution in [0.4, 0.5) is 11.5 Å². The molecule has 0 saturated carbocycles. The molecule has 4 heterocycles. The maximum Gasteiger partial charge on any atom is 0.355 e. The van der Waals surface area contributed by atoms with E-state index in [0.29, 0.717) is 28.8 Å². The molecule has 3 aliphatic heterocycles. The van der Waals surface area contributed by atoms with Crippen molar-refractivity contribution >= 4 is 35.1 Å².